The number of hydrogen-bond donors (Lipinski definition) is 0. The normalized spacial score (nSPS) is 13.3. The summed E-state index contributed by atoms with van der Waals surface area (Å²) in [6.45, 7) is 6.30. The van der Waals surface area contributed by atoms with Crippen LogP contribution in [0, 0.1) is 0 Å². The van der Waals surface area contributed by atoms with Crippen molar-refractivity contribution in [3.05, 3.63) is 158 Å². The van der Waals surface area contributed by atoms with Crippen LogP contribution in [0.3, 0.4) is 0 Å². The molecule has 0 saturated heterocycles. The predicted octanol–water partition coefficient (Wildman–Crippen LogP) is 20.1. The highest BCUT2D eigenvalue weighted by molar-refractivity contribution is 5.71. The number of esters is 3. The first kappa shape index (κ1) is 69.0. The topological polar surface area (TPSA) is 78.9 Å². The third-order valence-electron chi connectivity index (χ3n) is 11.7. The van der Waals surface area contributed by atoms with Gasteiger partial charge in [0.2, 0.25) is 0 Å². The summed E-state index contributed by atoms with van der Waals surface area (Å²) in [5, 5.41) is 0. The maximum absolute atomic E-state index is 12.8. The van der Waals surface area contributed by atoms with E-state index >= 15 is 0 Å². The van der Waals surface area contributed by atoms with Crippen LogP contribution in [0.5, 0.6) is 0 Å². The largest absolute Gasteiger partial charge is 0.462 e. The molecule has 0 aromatic rings. The fourth-order valence-electron chi connectivity index (χ4n) is 7.39. The molecule has 0 aromatic heterocycles. The monoisotopic (exact) mass is 1020 g/mol. The quantitative estimate of drug-likeness (QED) is 0.0261. The first-order chi connectivity index (χ1) is 36.5. The fraction of sp³-hybridized carbons (Fsp3) is 0.574. The summed E-state index contributed by atoms with van der Waals surface area (Å²) in [5.74, 6) is -1.01. The summed E-state index contributed by atoms with van der Waals surface area (Å²) < 4.78 is 16.8. The van der Waals surface area contributed by atoms with Gasteiger partial charge in [-0.05, 0) is 141 Å². The second-order valence-electron chi connectivity index (χ2n) is 18.8. The second kappa shape index (κ2) is 60.6. The van der Waals surface area contributed by atoms with Gasteiger partial charge >= 0.3 is 17.9 Å². The summed E-state index contributed by atoms with van der Waals surface area (Å²) in [7, 11) is 0. The second-order valence-corrected chi connectivity index (χ2v) is 18.8. The molecule has 0 fully saturated rings. The van der Waals surface area contributed by atoms with Crippen LogP contribution in [-0.4, -0.2) is 37.2 Å². The summed E-state index contributed by atoms with van der Waals surface area (Å²) >= 11 is 0. The van der Waals surface area contributed by atoms with Gasteiger partial charge < -0.3 is 14.2 Å². The summed E-state index contributed by atoms with van der Waals surface area (Å²) in [4.78, 5) is 38.1. The average Bonchev–Trinajstić information content (AvgIpc) is 3.40. The van der Waals surface area contributed by atoms with Gasteiger partial charge in [0, 0.05) is 19.3 Å². The lowest BCUT2D eigenvalue weighted by Crippen LogP contribution is -2.30. The minimum Gasteiger partial charge on any atom is -0.462 e. The molecule has 6 heteroatoms. The summed E-state index contributed by atoms with van der Waals surface area (Å²) in [5.41, 5.74) is 0. The maximum Gasteiger partial charge on any atom is 0.306 e. The van der Waals surface area contributed by atoms with Crippen LogP contribution in [0.25, 0.3) is 0 Å². The number of hydrogen-bond acceptors (Lipinski definition) is 6. The van der Waals surface area contributed by atoms with Crippen molar-refractivity contribution >= 4 is 17.9 Å². The smallest absolute Gasteiger partial charge is 0.306 e. The zero-order chi connectivity index (χ0) is 53.6. The number of carbonyl (C=O) groups is 3. The molecule has 6 nitrogen and oxygen atoms in total. The Morgan fingerprint density at radius 1 is 0.284 bits per heavy atom. The Balaban J connectivity index is 4.47. The molecule has 0 aromatic carbocycles. The summed E-state index contributed by atoms with van der Waals surface area (Å²) in [6, 6.07) is 0. The van der Waals surface area contributed by atoms with Crippen molar-refractivity contribution in [1.82, 2.24) is 0 Å². The van der Waals surface area contributed by atoms with E-state index in [9.17, 15) is 14.4 Å². The van der Waals surface area contributed by atoms with E-state index in [1.165, 1.54) is 32.1 Å². The van der Waals surface area contributed by atoms with Crippen molar-refractivity contribution in [3.8, 4) is 0 Å². The van der Waals surface area contributed by atoms with Gasteiger partial charge in [0.1, 0.15) is 13.2 Å². The summed E-state index contributed by atoms with van der Waals surface area (Å²) in [6.07, 6.45) is 88.1. The molecule has 414 valence electrons. The highest BCUT2D eigenvalue weighted by atomic mass is 16.6. The standard InChI is InChI=1S/C68H106O6/c1-4-7-10-13-16-19-22-25-27-29-30-31-32-33-34-35-36-37-38-40-41-43-46-49-52-55-58-61-67(70)73-64-65(63-72-66(69)60-57-54-51-48-45-24-21-18-15-12-9-6-3)74-68(71)62-59-56-53-50-47-44-42-39-28-26-23-20-17-14-11-8-5-2/h7-8,10-11,16-21,25-28,30-31,33-34,36-37,40-42,44,50,53,65H,4-6,9,12-15,22-24,29,32,35,38-39,43,45-49,51-52,54-64H2,1-3H3/b10-7-,11-8-,19-16-,20-17-,21-18-,27-25-,28-26-,31-30-,34-33-,37-36-,41-40-,44-42-,53-50-. The van der Waals surface area contributed by atoms with Crippen LogP contribution < -0.4 is 0 Å². The van der Waals surface area contributed by atoms with Crippen LogP contribution in [0.1, 0.15) is 233 Å². The van der Waals surface area contributed by atoms with E-state index < -0.39 is 6.10 Å². The van der Waals surface area contributed by atoms with E-state index in [-0.39, 0.29) is 37.5 Å². The predicted molar refractivity (Wildman–Crippen MR) is 320 cm³/mol. The minimum atomic E-state index is -0.827. The molecule has 1 atom stereocenters. The van der Waals surface area contributed by atoms with E-state index in [4.69, 9.17) is 14.2 Å². The zero-order valence-corrected chi connectivity index (χ0v) is 47.3. The molecule has 0 saturated carbocycles. The number of rotatable bonds is 51. The lowest BCUT2D eigenvalue weighted by Gasteiger charge is -2.18. The molecule has 0 aliphatic heterocycles. The van der Waals surface area contributed by atoms with Gasteiger partial charge in [-0.3, -0.25) is 14.4 Å². The number of carbonyl (C=O) groups excluding carboxylic acids is 3. The molecule has 0 amide bonds. The Morgan fingerprint density at radius 3 is 0.878 bits per heavy atom. The van der Waals surface area contributed by atoms with Crippen molar-refractivity contribution in [1.29, 1.82) is 0 Å². The van der Waals surface area contributed by atoms with E-state index in [0.717, 1.165) is 154 Å². The van der Waals surface area contributed by atoms with Gasteiger partial charge in [0.15, 0.2) is 6.10 Å². The van der Waals surface area contributed by atoms with Crippen LogP contribution in [-0.2, 0) is 28.6 Å². The highest BCUT2D eigenvalue weighted by Crippen LogP contribution is 2.12. The molecule has 0 aliphatic rings. The van der Waals surface area contributed by atoms with Crippen molar-refractivity contribution < 1.29 is 28.6 Å². The van der Waals surface area contributed by atoms with Gasteiger partial charge in [-0.15, -0.1) is 0 Å². The van der Waals surface area contributed by atoms with Gasteiger partial charge in [-0.25, -0.2) is 0 Å². The van der Waals surface area contributed by atoms with Crippen LogP contribution >= 0.6 is 0 Å². The van der Waals surface area contributed by atoms with E-state index in [1.807, 2.05) is 0 Å². The molecule has 0 bridgehead atoms. The number of unbranched alkanes of at least 4 members (excludes halogenated alkanes) is 14. The maximum atomic E-state index is 12.8. The molecular weight excluding hydrogens is 913 g/mol. The fourth-order valence-corrected chi connectivity index (χ4v) is 7.39. The Labute approximate surface area is 454 Å². The van der Waals surface area contributed by atoms with Crippen LogP contribution in [0.4, 0.5) is 0 Å². The molecule has 0 heterocycles. The molecule has 0 spiro atoms. The Morgan fingerprint density at radius 2 is 0.541 bits per heavy atom. The third-order valence-corrected chi connectivity index (χ3v) is 11.7. The lowest BCUT2D eigenvalue weighted by molar-refractivity contribution is -0.167. The lowest BCUT2D eigenvalue weighted by atomic mass is 10.1. The highest BCUT2D eigenvalue weighted by Gasteiger charge is 2.19. The van der Waals surface area contributed by atoms with Crippen LogP contribution in [0.15, 0.2) is 158 Å². The van der Waals surface area contributed by atoms with Gasteiger partial charge in [-0.1, -0.05) is 230 Å². The van der Waals surface area contributed by atoms with E-state index in [2.05, 4.69) is 179 Å². The molecule has 0 N–H and O–H groups in total. The molecular formula is C68H106O6. The van der Waals surface area contributed by atoms with Crippen molar-refractivity contribution in [3.63, 3.8) is 0 Å². The Kier molecular flexibility index (Phi) is 56.5. The van der Waals surface area contributed by atoms with E-state index in [1.54, 1.807) is 0 Å². The van der Waals surface area contributed by atoms with Crippen molar-refractivity contribution in [2.45, 2.75) is 239 Å². The SMILES string of the molecule is CC/C=C\C/C=C\C/C=C\C/C=C\C/C=C\C/C=C\C/C=C\CCCCCCCC(=O)OCC(COC(=O)CCCCCCC/C=C\CCCCC)OC(=O)CCC/C=C\C/C=C\C/C=C\C/C=C\C/C=C\CC. The van der Waals surface area contributed by atoms with Crippen molar-refractivity contribution in [2.75, 3.05) is 13.2 Å². The molecule has 0 radical (unpaired) electrons. The molecule has 1 unspecified atom stereocenters. The Hall–Kier alpha value is -4.97. The van der Waals surface area contributed by atoms with Gasteiger partial charge in [0.05, 0.1) is 0 Å². The Bertz CT molecular complexity index is 1690. The first-order valence-corrected chi connectivity index (χ1v) is 29.5. The molecule has 0 rings (SSSR count). The zero-order valence-electron chi connectivity index (χ0n) is 47.3. The number of allylic oxidation sites excluding steroid dienone is 26. The van der Waals surface area contributed by atoms with Gasteiger partial charge in [-0.2, -0.15) is 0 Å². The van der Waals surface area contributed by atoms with Gasteiger partial charge in [0.25, 0.3) is 0 Å². The average molecular weight is 1020 g/mol. The number of ether oxygens (including phenoxy) is 3. The third kappa shape index (κ3) is 57.9. The molecule has 0 aliphatic carbocycles. The van der Waals surface area contributed by atoms with Crippen molar-refractivity contribution in [2.24, 2.45) is 0 Å². The first-order valence-electron chi connectivity index (χ1n) is 29.5. The van der Waals surface area contributed by atoms with E-state index in [0.29, 0.717) is 19.3 Å². The van der Waals surface area contributed by atoms with Crippen LogP contribution in [0.2, 0.25) is 0 Å². The minimum absolute atomic E-state index is 0.118. The molecule has 74 heavy (non-hydrogen) atoms.